The molecule has 4 nitrogen and oxygen atoms in total. The molecule has 0 fully saturated rings. The van der Waals surface area contributed by atoms with Crippen molar-refractivity contribution >= 4 is 11.6 Å². The number of aliphatic hydroxyl groups is 1. The van der Waals surface area contributed by atoms with Gasteiger partial charge in [-0.1, -0.05) is 25.4 Å². The van der Waals surface area contributed by atoms with Gasteiger partial charge < -0.3 is 10.0 Å². The van der Waals surface area contributed by atoms with Gasteiger partial charge in [0.25, 0.3) is 0 Å². The maximum absolute atomic E-state index is 10.1. The smallest absolute Gasteiger partial charge is 0.0974 e. The van der Waals surface area contributed by atoms with Gasteiger partial charge >= 0.3 is 0 Å². The Bertz CT molecular complexity index is 350. The second kappa shape index (κ2) is 6.38. The molecule has 0 aromatic carbocycles. The normalized spacial score (nSPS) is 13.6. The number of aliphatic hydroxyl groups excluding tert-OH is 1. The van der Waals surface area contributed by atoms with Crippen LogP contribution in [0.2, 0.25) is 5.02 Å². The van der Waals surface area contributed by atoms with Crippen LogP contribution in [0.1, 0.15) is 32.1 Å². The molecule has 0 radical (unpaired) electrons. The van der Waals surface area contributed by atoms with Crippen LogP contribution < -0.4 is 0 Å². The van der Waals surface area contributed by atoms with Gasteiger partial charge in [-0.05, 0) is 26.4 Å². The minimum absolute atomic E-state index is 0.429. The van der Waals surface area contributed by atoms with E-state index in [1.54, 1.807) is 10.9 Å². The SMILES string of the molecule is CC(C)CC(O)c1c(Cl)cnn1CCN(C)C. The van der Waals surface area contributed by atoms with Crippen LogP contribution in [0.4, 0.5) is 0 Å². The molecule has 5 heteroatoms. The Hall–Kier alpha value is -0.580. The molecule has 1 heterocycles. The number of likely N-dealkylation sites (N-methyl/N-ethyl adjacent to an activating group) is 1. The fraction of sp³-hybridized carbons (Fsp3) is 0.750. The first kappa shape index (κ1) is 14.5. The molecular weight excluding hydrogens is 238 g/mol. The predicted molar refractivity (Wildman–Crippen MR) is 70.2 cm³/mol. The highest BCUT2D eigenvalue weighted by Gasteiger charge is 2.19. The molecular formula is C12H22ClN3O. The van der Waals surface area contributed by atoms with Crippen molar-refractivity contribution in [1.82, 2.24) is 14.7 Å². The zero-order valence-electron chi connectivity index (χ0n) is 11.0. The maximum Gasteiger partial charge on any atom is 0.0974 e. The Morgan fingerprint density at radius 2 is 2.12 bits per heavy atom. The highest BCUT2D eigenvalue weighted by Crippen LogP contribution is 2.27. The van der Waals surface area contributed by atoms with Crippen molar-refractivity contribution in [1.29, 1.82) is 0 Å². The highest BCUT2D eigenvalue weighted by atomic mass is 35.5. The summed E-state index contributed by atoms with van der Waals surface area (Å²) in [7, 11) is 4.02. The van der Waals surface area contributed by atoms with Crippen LogP contribution in [-0.2, 0) is 6.54 Å². The molecule has 1 atom stereocenters. The minimum atomic E-state index is -0.535. The minimum Gasteiger partial charge on any atom is -0.387 e. The molecule has 0 saturated heterocycles. The van der Waals surface area contributed by atoms with Crippen molar-refractivity contribution in [3.63, 3.8) is 0 Å². The zero-order valence-corrected chi connectivity index (χ0v) is 11.8. The van der Waals surface area contributed by atoms with Crippen molar-refractivity contribution in [3.8, 4) is 0 Å². The largest absolute Gasteiger partial charge is 0.387 e. The Labute approximate surface area is 108 Å². The van der Waals surface area contributed by atoms with E-state index in [2.05, 4.69) is 23.8 Å². The van der Waals surface area contributed by atoms with Crippen LogP contribution >= 0.6 is 11.6 Å². The first-order valence-corrected chi connectivity index (χ1v) is 6.33. The summed E-state index contributed by atoms with van der Waals surface area (Å²) < 4.78 is 1.80. The Kier molecular flexibility index (Phi) is 5.43. The topological polar surface area (TPSA) is 41.3 Å². The number of hydrogen-bond donors (Lipinski definition) is 1. The van der Waals surface area contributed by atoms with Gasteiger partial charge in [0.15, 0.2) is 0 Å². The lowest BCUT2D eigenvalue weighted by Crippen LogP contribution is -2.21. The molecule has 1 N–H and O–H groups in total. The third-order valence-corrected chi connectivity index (χ3v) is 2.89. The third-order valence-electron chi connectivity index (χ3n) is 2.60. The van der Waals surface area contributed by atoms with Gasteiger partial charge in [0, 0.05) is 6.54 Å². The van der Waals surface area contributed by atoms with Crippen LogP contribution in [0.15, 0.2) is 6.20 Å². The van der Waals surface area contributed by atoms with Gasteiger partial charge in [0.1, 0.15) is 0 Å². The average Bonchev–Trinajstić information content (AvgIpc) is 2.55. The van der Waals surface area contributed by atoms with E-state index in [1.807, 2.05) is 14.1 Å². The first-order valence-electron chi connectivity index (χ1n) is 5.95. The molecule has 1 aromatic rings. The van der Waals surface area contributed by atoms with Gasteiger partial charge in [-0.15, -0.1) is 0 Å². The summed E-state index contributed by atoms with van der Waals surface area (Å²) in [6, 6.07) is 0. The fourth-order valence-corrected chi connectivity index (χ4v) is 2.00. The molecule has 0 saturated carbocycles. The van der Waals surface area contributed by atoms with Crippen LogP contribution in [0, 0.1) is 5.92 Å². The second-order valence-electron chi connectivity index (χ2n) is 5.05. The number of aromatic nitrogens is 2. The molecule has 0 aliphatic carbocycles. The monoisotopic (exact) mass is 259 g/mol. The highest BCUT2D eigenvalue weighted by molar-refractivity contribution is 6.31. The quantitative estimate of drug-likeness (QED) is 0.851. The summed E-state index contributed by atoms with van der Waals surface area (Å²) in [5.74, 6) is 0.429. The summed E-state index contributed by atoms with van der Waals surface area (Å²) in [5.41, 5.74) is 0.738. The summed E-state index contributed by atoms with van der Waals surface area (Å²) in [6.07, 6.45) is 1.77. The second-order valence-corrected chi connectivity index (χ2v) is 5.46. The third kappa shape index (κ3) is 4.30. The van der Waals surface area contributed by atoms with Crippen molar-refractivity contribution in [2.75, 3.05) is 20.6 Å². The van der Waals surface area contributed by atoms with Crippen LogP contribution in [0.5, 0.6) is 0 Å². The van der Waals surface area contributed by atoms with Crippen molar-refractivity contribution in [2.45, 2.75) is 32.9 Å². The summed E-state index contributed by atoms with van der Waals surface area (Å²) in [6.45, 7) is 5.78. The lowest BCUT2D eigenvalue weighted by molar-refractivity contribution is 0.140. The zero-order chi connectivity index (χ0) is 13.0. The van der Waals surface area contributed by atoms with Gasteiger partial charge in [0.2, 0.25) is 0 Å². The van der Waals surface area contributed by atoms with Gasteiger partial charge in [-0.3, -0.25) is 4.68 Å². The molecule has 98 valence electrons. The van der Waals surface area contributed by atoms with Crippen molar-refractivity contribution in [3.05, 3.63) is 16.9 Å². The molecule has 0 aliphatic heterocycles. The molecule has 1 aromatic heterocycles. The van der Waals surface area contributed by atoms with Crippen molar-refractivity contribution in [2.24, 2.45) is 5.92 Å². The molecule has 1 rings (SSSR count). The van der Waals surface area contributed by atoms with E-state index in [-0.39, 0.29) is 0 Å². The molecule has 17 heavy (non-hydrogen) atoms. The molecule has 0 aliphatic rings. The van der Waals surface area contributed by atoms with E-state index in [9.17, 15) is 5.11 Å². The molecule has 1 unspecified atom stereocenters. The fourth-order valence-electron chi connectivity index (χ4n) is 1.73. The number of nitrogens with zero attached hydrogens (tertiary/aromatic N) is 3. The Morgan fingerprint density at radius 3 is 2.65 bits per heavy atom. The molecule has 0 amide bonds. The number of hydrogen-bond acceptors (Lipinski definition) is 3. The van der Waals surface area contributed by atoms with Gasteiger partial charge in [-0.2, -0.15) is 5.10 Å². The van der Waals surface area contributed by atoms with E-state index < -0.39 is 6.10 Å². The standard InChI is InChI=1S/C12H22ClN3O/c1-9(2)7-11(17)12-10(13)8-14-16(12)6-5-15(3)4/h8-9,11,17H,5-7H2,1-4H3. The van der Waals surface area contributed by atoms with Gasteiger partial charge in [0.05, 0.1) is 29.6 Å². The maximum atomic E-state index is 10.1. The lowest BCUT2D eigenvalue weighted by atomic mass is 10.0. The van der Waals surface area contributed by atoms with E-state index in [4.69, 9.17) is 11.6 Å². The summed E-state index contributed by atoms with van der Waals surface area (Å²) >= 11 is 6.08. The predicted octanol–water partition coefficient (Wildman–Crippen LogP) is 2.18. The van der Waals surface area contributed by atoms with E-state index in [0.717, 1.165) is 18.8 Å². The number of halogens is 1. The Morgan fingerprint density at radius 1 is 1.47 bits per heavy atom. The summed E-state index contributed by atoms with van der Waals surface area (Å²) in [5, 5.41) is 14.9. The average molecular weight is 260 g/mol. The van der Waals surface area contributed by atoms with Crippen LogP contribution in [0.25, 0.3) is 0 Å². The lowest BCUT2D eigenvalue weighted by Gasteiger charge is -2.17. The van der Waals surface area contributed by atoms with Gasteiger partial charge in [-0.25, -0.2) is 0 Å². The van der Waals surface area contributed by atoms with Crippen LogP contribution in [0.3, 0.4) is 0 Å². The van der Waals surface area contributed by atoms with E-state index >= 15 is 0 Å². The Balaban J connectivity index is 2.78. The summed E-state index contributed by atoms with van der Waals surface area (Å²) in [4.78, 5) is 2.08. The van der Waals surface area contributed by atoms with E-state index in [0.29, 0.717) is 17.4 Å². The number of rotatable bonds is 6. The van der Waals surface area contributed by atoms with Crippen LogP contribution in [-0.4, -0.2) is 40.4 Å². The molecule has 0 bridgehead atoms. The van der Waals surface area contributed by atoms with Crippen molar-refractivity contribution < 1.29 is 5.11 Å². The first-order chi connectivity index (χ1) is 7.91. The molecule has 0 spiro atoms. The van der Waals surface area contributed by atoms with E-state index in [1.165, 1.54) is 0 Å².